The average molecular weight is 307 g/mol. The summed E-state index contributed by atoms with van der Waals surface area (Å²) in [6, 6.07) is 12.7. The molecule has 0 aliphatic carbocycles. The summed E-state index contributed by atoms with van der Waals surface area (Å²) < 4.78 is 34.6. The number of carboxylic acids is 1. The molecule has 0 N–H and O–H groups in total. The number of carbonyl (C=O) groups excluding carboxylic acids is 2. The third-order valence-corrected chi connectivity index (χ3v) is 2.53. The highest BCUT2D eigenvalue weighted by atomic mass is 19.3. The third kappa shape index (κ3) is 3.78. The lowest BCUT2D eigenvalue weighted by Gasteiger charge is -2.18. The number of esters is 1. The molecule has 0 radical (unpaired) electrons. The second-order valence-electron chi connectivity index (χ2n) is 4.13. The Bertz CT molecular complexity index is 668. The van der Waals surface area contributed by atoms with Crippen molar-refractivity contribution in [3.05, 3.63) is 60.2 Å². The second-order valence-corrected chi connectivity index (χ2v) is 4.13. The lowest BCUT2D eigenvalue weighted by molar-refractivity contribution is -0.350. The zero-order chi connectivity index (χ0) is 16.2. The van der Waals surface area contributed by atoms with Gasteiger partial charge in [0.15, 0.2) is 5.97 Å². The molecule has 0 aliphatic heterocycles. The van der Waals surface area contributed by atoms with Crippen LogP contribution >= 0.6 is 0 Å². The van der Waals surface area contributed by atoms with Gasteiger partial charge >= 0.3 is 12.1 Å². The monoisotopic (exact) mass is 307 g/mol. The topological polar surface area (TPSA) is 75.7 Å². The Morgan fingerprint density at radius 2 is 1.50 bits per heavy atom. The van der Waals surface area contributed by atoms with Gasteiger partial charge in [0, 0.05) is 0 Å². The van der Waals surface area contributed by atoms with Crippen molar-refractivity contribution in [1.29, 1.82) is 0 Å². The van der Waals surface area contributed by atoms with E-state index in [9.17, 15) is 23.5 Å². The Kier molecular flexibility index (Phi) is 4.36. The van der Waals surface area contributed by atoms with E-state index in [0.29, 0.717) is 5.75 Å². The highest BCUT2D eigenvalue weighted by Crippen LogP contribution is 2.22. The fraction of sp³-hybridized carbons (Fsp3) is 0.0667. The van der Waals surface area contributed by atoms with Gasteiger partial charge in [0.05, 0.1) is 5.56 Å². The first-order valence-corrected chi connectivity index (χ1v) is 6.04. The van der Waals surface area contributed by atoms with E-state index in [2.05, 4.69) is 4.74 Å². The standard InChI is InChI=1S/C15H10F2O5/c16-15(17,14(19)20)22-12-8-6-10(7-9-12)13(18)21-11-4-2-1-3-5-11/h1-9H,(H,19,20)/p-1. The van der Waals surface area contributed by atoms with Gasteiger partial charge in [-0.3, -0.25) is 0 Å². The van der Waals surface area contributed by atoms with Crippen LogP contribution in [0.15, 0.2) is 54.6 Å². The zero-order valence-corrected chi connectivity index (χ0v) is 11.0. The smallest absolute Gasteiger partial charge is 0.441 e. The second kappa shape index (κ2) is 6.21. The minimum atomic E-state index is -4.45. The molecule has 0 atom stereocenters. The van der Waals surface area contributed by atoms with Gasteiger partial charge in [0.2, 0.25) is 0 Å². The molecule has 0 unspecified atom stereocenters. The molecule has 0 aliphatic rings. The number of ether oxygens (including phenoxy) is 2. The third-order valence-electron chi connectivity index (χ3n) is 2.53. The van der Waals surface area contributed by atoms with Gasteiger partial charge in [0.1, 0.15) is 11.5 Å². The van der Waals surface area contributed by atoms with Crippen molar-refractivity contribution in [3.63, 3.8) is 0 Å². The van der Waals surface area contributed by atoms with Crippen molar-refractivity contribution in [2.45, 2.75) is 6.11 Å². The Morgan fingerprint density at radius 3 is 2.05 bits per heavy atom. The molecular formula is C15H9F2O5-. The summed E-state index contributed by atoms with van der Waals surface area (Å²) in [5.74, 6) is -3.44. The van der Waals surface area contributed by atoms with Crippen LogP contribution < -0.4 is 14.6 Å². The highest BCUT2D eigenvalue weighted by Gasteiger charge is 2.33. The predicted octanol–water partition coefficient (Wildman–Crippen LogP) is 1.63. The highest BCUT2D eigenvalue weighted by molar-refractivity contribution is 5.91. The zero-order valence-electron chi connectivity index (χ0n) is 11.0. The largest absolute Gasteiger partial charge is 0.541 e. The molecule has 0 heterocycles. The summed E-state index contributed by atoms with van der Waals surface area (Å²) >= 11 is 0. The maximum absolute atomic E-state index is 12.8. The van der Waals surface area contributed by atoms with Gasteiger partial charge in [-0.25, -0.2) is 4.79 Å². The van der Waals surface area contributed by atoms with Gasteiger partial charge in [-0.15, -0.1) is 0 Å². The maximum Gasteiger partial charge on any atom is 0.441 e. The summed E-state index contributed by atoms with van der Waals surface area (Å²) in [7, 11) is 0. The van der Waals surface area contributed by atoms with Crippen molar-refractivity contribution in [1.82, 2.24) is 0 Å². The van der Waals surface area contributed by atoms with Crippen LogP contribution in [0, 0.1) is 0 Å². The van der Waals surface area contributed by atoms with Crippen molar-refractivity contribution >= 4 is 11.9 Å². The van der Waals surface area contributed by atoms with Crippen molar-refractivity contribution in [3.8, 4) is 11.5 Å². The summed E-state index contributed by atoms with van der Waals surface area (Å²) in [6.07, 6.45) is -4.45. The van der Waals surface area contributed by atoms with E-state index in [1.54, 1.807) is 30.3 Å². The fourth-order valence-electron chi connectivity index (χ4n) is 1.50. The minimum Gasteiger partial charge on any atom is -0.541 e. The SMILES string of the molecule is O=C(Oc1ccccc1)c1ccc(OC(F)(F)C(=O)[O-])cc1. The Balaban J connectivity index is 2.05. The van der Waals surface area contributed by atoms with Crippen LogP contribution in [0.5, 0.6) is 11.5 Å². The molecular weight excluding hydrogens is 298 g/mol. The van der Waals surface area contributed by atoms with Crippen LogP contribution in [0.1, 0.15) is 10.4 Å². The number of aliphatic carboxylic acids is 1. The normalized spacial score (nSPS) is 10.8. The lowest BCUT2D eigenvalue weighted by Crippen LogP contribution is -2.45. The first-order valence-electron chi connectivity index (χ1n) is 6.04. The molecule has 114 valence electrons. The molecule has 0 aromatic heterocycles. The van der Waals surface area contributed by atoms with E-state index in [1.165, 1.54) is 12.1 Å². The number of carbonyl (C=O) groups is 2. The van der Waals surface area contributed by atoms with Crippen LogP contribution in [0.25, 0.3) is 0 Å². The number of para-hydroxylation sites is 1. The van der Waals surface area contributed by atoms with Crippen LogP contribution in [-0.2, 0) is 4.79 Å². The fourth-order valence-corrected chi connectivity index (χ4v) is 1.50. The van der Waals surface area contributed by atoms with E-state index >= 15 is 0 Å². The minimum absolute atomic E-state index is 0.0907. The van der Waals surface area contributed by atoms with E-state index in [0.717, 1.165) is 12.1 Å². The first kappa shape index (κ1) is 15.4. The maximum atomic E-state index is 12.8. The average Bonchev–Trinajstić information content (AvgIpc) is 2.48. The molecule has 22 heavy (non-hydrogen) atoms. The number of rotatable bonds is 5. The number of carboxylic acid groups (broad SMARTS) is 1. The van der Waals surface area contributed by atoms with Crippen molar-refractivity contribution in [2.24, 2.45) is 0 Å². The first-order chi connectivity index (χ1) is 10.4. The van der Waals surface area contributed by atoms with Gasteiger partial charge < -0.3 is 19.4 Å². The summed E-state index contributed by atoms with van der Waals surface area (Å²) in [6.45, 7) is 0. The molecule has 5 nitrogen and oxygen atoms in total. The molecule has 0 spiro atoms. The summed E-state index contributed by atoms with van der Waals surface area (Å²) in [5, 5.41) is 10.1. The number of hydrogen-bond donors (Lipinski definition) is 0. The summed E-state index contributed by atoms with van der Waals surface area (Å²) in [4.78, 5) is 21.9. The summed E-state index contributed by atoms with van der Waals surface area (Å²) in [5.41, 5.74) is 0.0907. The molecule has 7 heteroatoms. The van der Waals surface area contributed by atoms with Gasteiger partial charge in [0.25, 0.3) is 0 Å². The molecule has 0 saturated carbocycles. The molecule has 0 fully saturated rings. The lowest BCUT2D eigenvalue weighted by atomic mass is 10.2. The van der Waals surface area contributed by atoms with Crippen LogP contribution in [0.2, 0.25) is 0 Å². The van der Waals surface area contributed by atoms with E-state index < -0.39 is 23.8 Å². The van der Waals surface area contributed by atoms with Crippen molar-refractivity contribution < 1.29 is 33.0 Å². The van der Waals surface area contributed by atoms with Crippen LogP contribution in [-0.4, -0.2) is 18.0 Å². The van der Waals surface area contributed by atoms with Crippen LogP contribution in [0.3, 0.4) is 0 Å². The van der Waals surface area contributed by atoms with E-state index in [-0.39, 0.29) is 5.56 Å². The molecule has 2 rings (SSSR count). The molecule has 0 saturated heterocycles. The van der Waals surface area contributed by atoms with E-state index in [4.69, 9.17) is 4.74 Å². The van der Waals surface area contributed by atoms with Crippen molar-refractivity contribution in [2.75, 3.05) is 0 Å². The Labute approximate surface area is 123 Å². The molecule has 0 bridgehead atoms. The number of halogens is 2. The Morgan fingerprint density at radius 1 is 0.909 bits per heavy atom. The van der Waals surface area contributed by atoms with Gasteiger partial charge in [-0.2, -0.15) is 8.78 Å². The van der Waals surface area contributed by atoms with Gasteiger partial charge in [-0.05, 0) is 36.4 Å². The number of alkyl halides is 2. The quantitative estimate of drug-likeness (QED) is 0.620. The van der Waals surface area contributed by atoms with Gasteiger partial charge in [-0.1, -0.05) is 18.2 Å². The molecule has 2 aromatic rings. The molecule has 2 aromatic carbocycles. The predicted molar refractivity (Wildman–Crippen MR) is 68.4 cm³/mol. The Hall–Kier alpha value is -2.96. The number of hydrogen-bond acceptors (Lipinski definition) is 5. The van der Waals surface area contributed by atoms with E-state index in [1.807, 2.05) is 0 Å². The number of benzene rings is 2. The molecule has 0 amide bonds. The van der Waals surface area contributed by atoms with Crippen LogP contribution in [0.4, 0.5) is 8.78 Å².